The average Bonchev–Trinajstić information content (AvgIpc) is 3.15. The van der Waals surface area contributed by atoms with Crippen molar-refractivity contribution >= 4 is 11.8 Å². The van der Waals surface area contributed by atoms with E-state index in [1.807, 2.05) is 30.5 Å². The van der Waals surface area contributed by atoms with E-state index in [1.54, 1.807) is 0 Å². The average molecular weight is 365 g/mol. The molecule has 3 aromatic rings. The molecule has 0 bridgehead atoms. The molecule has 0 aliphatic heterocycles. The van der Waals surface area contributed by atoms with Crippen LogP contribution in [0.1, 0.15) is 50.0 Å². The van der Waals surface area contributed by atoms with Crippen LogP contribution in [0, 0.1) is 0 Å². The number of nitrogens with zero attached hydrogens (tertiary/aromatic N) is 2. The van der Waals surface area contributed by atoms with Gasteiger partial charge in [-0.15, -0.1) is 11.8 Å². The molecule has 0 aliphatic rings. The Labute approximate surface area is 161 Å². The van der Waals surface area contributed by atoms with E-state index in [0.717, 1.165) is 19.4 Å². The number of rotatable bonds is 7. The maximum absolute atomic E-state index is 4.14. The van der Waals surface area contributed by atoms with Gasteiger partial charge in [-0.2, -0.15) is 0 Å². The summed E-state index contributed by atoms with van der Waals surface area (Å²) < 4.78 is 2.16. The Morgan fingerprint density at radius 3 is 2.35 bits per heavy atom. The molecule has 136 valence electrons. The first kappa shape index (κ1) is 18.8. The van der Waals surface area contributed by atoms with Crippen LogP contribution in [0.2, 0.25) is 0 Å². The zero-order valence-electron chi connectivity index (χ0n) is 15.9. The molecular weight excluding hydrogens is 336 g/mol. The lowest BCUT2D eigenvalue weighted by atomic mass is 9.86. The van der Waals surface area contributed by atoms with Crippen molar-refractivity contribution in [3.63, 3.8) is 0 Å². The van der Waals surface area contributed by atoms with Crippen LogP contribution >= 0.6 is 11.8 Å². The van der Waals surface area contributed by atoms with E-state index < -0.39 is 0 Å². The van der Waals surface area contributed by atoms with Crippen LogP contribution in [0.5, 0.6) is 0 Å². The van der Waals surface area contributed by atoms with E-state index in [1.165, 1.54) is 16.0 Å². The van der Waals surface area contributed by atoms with Crippen molar-refractivity contribution in [3.8, 4) is 0 Å². The zero-order chi connectivity index (χ0) is 18.4. The molecule has 2 aromatic carbocycles. The third-order valence-corrected chi connectivity index (χ3v) is 5.95. The van der Waals surface area contributed by atoms with E-state index in [4.69, 9.17) is 0 Å². The van der Waals surface area contributed by atoms with Crippen LogP contribution in [0.15, 0.2) is 78.2 Å². The van der Waals surface area contributed by atoms with Gasteiger partial charge in [0.15, 0.2) is 0 Å². The van der Waals surface area contributed by atoms with Gasteiger partial charge in [-0.1, -0.05) is 63.2 Å². The standard InChI is InChI=1S/C23H28N2S/c1-23(2,3)20-13-11-19(12-14-20)22(26-21-8-5-4-6-9-21)10-7-16-25-17-15-24-18-25/h4-6,8-9,11-15,17-18,22H,7,10,16H2,1-3H3. The highest BCUT2D eigenvalue weighted by Crippen LogP contribution is 2.39. The summed E-state index contributed by atoms with van der Waals surface area (Å²) in [6, 6.07) is 20.0. The second-order valence-corrected chi connectivity index (χ2v) is 9.01. The van der Waals surface area contributed by atoms with Gasteiger partial charge in [0, 0.05) is 29.1 Å². The van der Waals surface area contributed by atoms with Crippen molar-refractivity contribution in [2.45, 2.75) is 55.7 Å². The maximum Gasteiger partial charge on any atom is 0.0945 e. The van der Waals surface area contributed by atoms with Crippen molar-refractivity contribution < 1.29 is 0 Å². The first-order valence-electron chi connectivity index (χ1n) is 9.30. The van der Waals surface area contributed by atoms with Crippen LogP contribution in [-0.4, -0.2) is 9.55 Å². The summed E-state index contributed by atoms with van der Waals surface area (Å²) in [5, 5.41) is 0.468. The van der Waals surface area contributed by atoms with E-state index in [9.17, 15) is 0 Å². The summed E-state index contributed by atoms with van der Waals surface area (Å²) in [6.07, 6.45) is 8.07. The first-order valence-corrected chi connectivity index (χ1v) is 10.2. The van der Waals surface area contributed by atoms with Crippen molar-refractivity contribution in [1.82, 2.24) is 9.55 Å². The molecule has 3 heteroatoms. The van der Waals surface area contributed by atoms with Crippen molar-refractivity contribution in [1.29, 1.82) is 0 Å². The maximum atomic E-state index is 4.14. The molecule has 26 heavy (non-hydrogen) atoms. The molecule has 2 nitrogen and oxygen atoms in total. The van der Waals surface area contributed by atoms with Gasteiger partial charge in [0.1, 0.15) is 0 Å². The fourth-order valence-corrected chi connectivity index (χ4v) is 4.25. The minimum atomic E-state index is 0.196. The minimum Gasteiger partial charge on any atom is -0.337 e. The van der Waals surface area contributed by atoms with Gasteiger partial charge >= 0.3 is 0 Å². The van der Waals surface area contributed by atoms with E-state index in [2.05, 4.69) is 84.9 Å². The van der Waals surface area contributed by atoms with E-state index in [0.29, 0.717) is 5.25 Å². The molecule has 1 heterocycles. The summed E-state index contributed by atoms with van der Waals surface area (Å²) in [7, 11) is 0. The number of imidazole rings is 1. The second kappa shape index (κ2) is 8.59. The summed E-state index contributed by atoms with van der Waals surface area (Å²) in [6.45, 7) is 7.82. The topological polar surface area (TPSA) is 17.8 Å². The Kier molecular flexibility index (Phi) is 6.20. The van der Waals surface area contributed by atoms with E-state index >= 15 is 0 Å². The SMILES string of the molecule is CC(C)(C)c1ccc(C(CCCn2ccnc2)Sc2ccccc2)cc1. The fraction of sp³-hybridized carbons (Fsp3) is 0.348. The fourth-order valence-electron chi connectivity index (χ4n) is 3.03. The predicted molar refractivity (Wildman–Crippen MR) is 112 cm³/mol. The lowest BCUT2D eigenvalue weighted by molar-refractivity contribution is 0.588. The lowest BCUT2D eigenvalue weighted by Gasteiger charge is -2.22. The molecule has 0 amide bonds. The second-order valence-electron chi connectivity index (χ2n) is 7.73. The van der Waals surface area contributed by atoms with Gasteiger partial charge in [0.25, 0.3) is 0 Å². The number of aryl methyl sites for hydroxylation is 1. The smallest absolute Gasteiger partial charge is 0.0945 e. The molecule has 0 fully saturated rings. The Morgan fingerprint density at radius 1 is 1.00 bits per heavy atom. The van der Waals surface area contributed by atoms with Crippen LogP contribution in [0.3, 0.4) is 0 Å². The van der Waals surface area contributed by atoms with Gasteiger partial charge in [0.05, 0.1) is 6.33 Å². The number of thioether (sulfide) groups is 1. The van der Waals surface area contributed by atoms with E-state index in [-0.39, 0.29) is 5.41 Å². The summed E-state index contributed by atoms with van der Waals surface area (Å²) in [5.74, 6) is 0. The van der Waals surface area contributed by atoms with Gasteiger partial charge in [0.2, 0.25) is 0 Å². The molecule has 0 N–H and O–H groups in total. The molecule has 0 spiro atoms. The number of aromatic nitrogens is 2. The van der Waals surface area contributed by atoms with Gasteiger partial charge in [-0.3, -0.25) is 0 Å². The van der Waals surface area contributed by atoms with Crippen LogP contribution < -0.4 is 0 Å². The quantitative estimate of drug-likeness (QED) is 0.446. The molecule has 0 saturated carbocycles. The van der Waals surface area contributed by atoms with Crippen molar-refractivity contribution in [3.05, 3.63) is 84.4 Å². The predicted octanol–water partition coefficient (Wildman–Crippen LogP) is 6.49. The third kappa shape index (κ3) is 5.25. The Morgan fingerprint density at radius 2 is 1.73 bits per heavy atom. The van der Waals surface area contributed by atoms with Gasteiger partial charge in [-0.05, 0) is 41.5 Å². The molecule has 0 aliphatic carbocycles. The van der Waals surface area contributed by atoms with Crippen LogP contribution in [-0.2, 0) is 12.0 Å². The minimum absolute atomic E-state index is 0.196. The molecular formula is C23H28N2S. The van der Waals surface area contributed by atoms with Crippen LogP contribution in [0.25, 0.3) is 0 Å². The van der Waals surface area contributed by atoms with Crippen molar-refractivity contribution in [2.24, 2.45) is 0 Å². The normalized spacial score (nSPS) is 12.9. The van der Waals surface area contributed by atoms with Gasteiger partial charge in [-0.25, -0.2) is 4.98 Å². The number of benzene rings is 2. The number of hydrogen-bond acceptors (Lipinski definition) is 2. The summed E-state index contributed by atoms with van der Waals surface area (Å²) in [5.41, 5.74) is 3.00. The Hall–Kier alpha value is -2.00. The zero-order valence-corrected chi connectivity index (χ0v) is 16.7. The van der Waals surface area contributed by atoms with Crippen molar-refractivity contribution in [2.75, 3.05) is 0 Å². The monoisotopic (exact) mass is 364 g/mol. The summed E-state index contributed by atoms with van der Waals surface area (Å²) >= 11 is 1.97. The third-order valence-electron chi connectivity index (χ3n) is 4.61. The lowest BCUT2D eigenvalue weighted by Crippen LogP contribution is -2.11. The summed E-state index contributed by atoms with van der Waals surface area (Å²) in [4.78, 5) is 5.47. The highest BCUT2D eigenvalue weighted by Gasteiger charge is 2.17. The highest BCUT2D eigenvalue weighted by molar-refractivity contribution is 7.99. The van der Waals surface area contributed by atoms with Gasteiger partial charge < -0.3 is 4.57 Å². The highest BCUT2D eigenvalue weighted by atomic mass is 32.2. The molecule has 1 aromatic heterocycles. The van der Waals surface area contributed by atoms with Crippen LogP contribution in [0.4, 0.5) is 0 Å². The molecule has 0 saturated heterocycles. The molecule has 3 rings (SSSR count). The molecule has 0 radical (unpaired) electrons. The molecule has 1 unspecified atom stereocenters. The largest absolute Gasteiger partial charge is 0.337 e. The Bertz CT molecular complexity index is 771. The molecule has 1 atom stereocenters. The Balaban J connectivity index is 1.73. The first-order chi connectivity index (χ1) is 12.5. The number of hydrogen-bond donors (Lipinski definition) is 0.